The predicted molar refractivity (Wildman–Crippen MR) is 94.4 cm³/mol. The van der Waals surface area contributed by atoms with Crippen molar-refractivity contribution in [1.29, 1.82) is 0 Å². The topological polar surface area (TPSA) is 53.9 Å². The quantitative estimate of drug-likeness (QED) is 0.688. The SMILES string of the molecule is O=C(CN1CCOCC1)N/N=C\c1ccc2c3c(cccc13)CC2. The highest BCUT2D eigenvalue weighted by molar-refractivity contribution is 6.03. The van der Waals surface area contributed by atoms with Crippen molar-refractivity contribution in [2.75, 3.05) is 32.8 Å². The molecule has 0 bridgehead atoms. The van der Waals surface area contributed by atoms with E-state index in [1.165, 1.54) is 21.9 Å². The van der Waals surface area contributed by atoms with Gasteiger partial charge in [-0.2, -0.15) is 5.10 Å². The average molecular weight is 323 g/mol. The van der Waals surface area contributed by atoms with Gasteiger partial charge < -0.3 is 4.74 Å². The third kappa shape index (κ3) is 3.05. The fourth-order valence-electron chi connectivity index (χ4n) is 3.55. The molecule has 5 nitrogen and oxygen atoms in total. The number of aryl methyl sites for hydroxylation is 2. The summed E-state index contributed by atoms with van der Waals surface area (Å²) in [5.74, 6) is -0.0842. The molecule has 0 atom stereocenters. The molecule has 2 aromatic rings. The molecule has 1 fully saturated rings. The molecule has 0 aromatic heterocycles. The van der Waals surface area contributed by atoms with E-state index >= 15 is 0 Å². The maximum atomic E-state index is 12.0. The molecular formula is C19H21N3O2. The summed E-state index contributed by atoms with van der Waals surface area (Å²) in [6.07, 6.45) is 3.98. The lowest BCUT2D eigenvalue weighted by Crippen LogP contribution is -2.42. The van der Waals surface area contributed by atoms with Crippen molar-refractivity contribution in [3.63, 3.8) is 0 Å². The summed E-state index contributed by atoms with van der Waals surface area (Å²) in [7, 11) is 0. The van der Waals surface area contributed by atoms with Crippen LogP contribution in [0.4, 0.5) is 0 Å². The van der Waals surface area contributed by atoms with Crippen LogP contribution in [0.25, 0.3) is 10.8 Å². The number of nitrogens with one attached hydrogen (secondary N) is 1. The highest BCUT2D eigenvalue weighted by Gasteiger charge is 2.15. The minimum Gasteiger partial charge on any atom is -0.379 e. The van der Waals surface area contributed by atoms with E-state index in [2.05, 4.69) is 45.8 Å². The molecule has 0 spiro atoms. The van der Waals surface area contributed by atoms with E-state index in [9.17, 15) is 4.79 Å². The Labute approximate surface area is 141 Å². The molecule has 2 aromatic carbocycles. The predicted octanol–water partition coefficient (Wildman–Crippen LogP) is 1.72. The second-order valence-corrected chi connectivity index (χ2v) is 6.34. The van der Waals surface area contributed by atoms with Gasteiger partial charge in [0, 0.05) is 18.7 Å². The van der Waals surface area contributed by atoms with Crippen molar-refractivity contribution in [3.8, 4) is 0 Å². The Morgan fingerprint density at radius 2 is 1.96 bits per heavy atom. The lowest BCUT2D eigenvalue weighted by molar-refractivity contribution is -0.123. The average Bonchev–Trinajstić information content (AvgIpc) is 3.03. The number of carbonyl (C=O) groups is 1. The summed E-state index contributed by atoms with van der Waals surface area (Å²) in [5.41, 5.74) is 6.50. The third-order valence-electron chi connectivity index (χ3n) is 4.77. The van der Waals surface area contributed by atoms with Crippen LogP contribution in [0.15, 0.2) is 35.4 Å². The molecule has 0 saturated carbocycles. The van der Waals surface area contributed by atoms with Crippen molar-refractivity contribution in [1.82, 2.24) is 10.3 Å². The lowest BCUT2D eigenvalue weighted by Gasteiger charge is -2.25. The van der Waals surface area contributed by atoms with E-state index in [0.29, 0.717) is 19.8 Å². The summed E-state index contributed by atoms with van der Waals surface area (Å²) in [4.78, 5) is 14.1. The lowest BCUT2D eigenvalue weighted by atomic mass is 10.0. The minimum absolute atomic E-state index is 0.0842. The smallest absolute Gasteiger partial charge is 0.254 e. The van der Waals surface area contributed by atoms with Gasteiger partial charge in [-0.25, -0.2) is 5.43 Å². The number of nitrogens with zero attached hydrogens (tertiary/aromatic N) is 2. The fraction of sp³-hybridized carbons (Fsp3) is 0.368. The van der Waals surface area contributed by atoms with Gasteiger partial charge in [-0.3, -0.25) is 9.69 Å². The van der Waals surface area contributed by atoms with E-state index in [-0.39, 0.29) is 5.91 Å². The van der Waals surface area contributed by atoms with Gasteiger partial charge in [0.15, 0.2) is 0 Å². The number of hydrogen-bond donors (Lipinski definition) is 1. The Morgan fingerprint density at radius 1 is 1.17 bits per heavy atom. The zero-order valence-electron chi connectivity index (χ0n) is 13.6. The molecule has 24 heavy (non-hydrogen) atoms. The Morgan fingerprint density at radius 3 is 2.79 bits per heavy atom. The van der Waals surface area contributed by atoms with Gasteiger partial charge >= 0.3 is 0 Å². The maximum Gasteiger partial charge on any atom is 0.254 e. The van der Waals surface area contributed by atoms with Crippen LogP contribution in [0.2, 0.25) is 0 Å². The van der Waals surface area contributed by atoms with Crippen LogP contribution in [0.3, 0.4) is 0 Å². The zero-order valence-corrected chi connectivity index (χ0v) is 13.6. The number of rotatable bonds is 4. The fourth-order valence-corrected chi connectivity index (χ4v) is 3.55. The first-order chi connectivity index (χ1) is 11.8. The molecule has 1 N–H and O–H groups in total. The van der Waals surface area contributed by atoms with Crippen molar-refractivity contribution in [2.45, 2.75) is 12.8 Å². The van der Waals surface area contributed by atoms with Crippen LogP contribution < -0.4 is 5.43 Å². The van der Waals surface area contributed by atoms with Gasteiger partial charge in [-0.15, -0.1) is 0 Å². The van der Waals surface area contributed by atoms with Gasteiger partial charge in [0.25, 0.3) is 5.91 Å². The van der Waals surface area contributed by atoms with E-state index in [1.54, 1.807) is 6.21 Å². The molecule has 0 unspecified atom stereocenters. The Hall–Kier alpha value is -2.24. The number of carbonyl (C=O) groups excluding carboxylic acids is 1. The molecular weight excluding hydrogens is 302 g/mol. The summed E-state index contributed by atoms with van der Waals surface area (Å²) >= 11 is 0. The highest BCUT2D eigenvalue weighted by Crippen LogP contribution is 2.32. The van der Waals surface area contributed by atoms with E-state index in [1.807, 2.05) is 0 Å². The van der Waals surface area contributed by atoms with Crippen molar-refractivity contribution in [3.05, 3.63) is 47.0 Å². The second-order valence-electron chi connectivity index (χ2n) is 6.34. The third-order valence-corrected chi connectivity index (χ3v) is 4.77. The largest absolute Gasteiger partial charge is 0.379 e. The first kappa shape index (κ1) is 15.3. The normalized spacial score (nSPS) is 17.7. The Kier molecular flexibility index (Phi) is 4.28. The van der Waals surface area contributed by atoms with Crippen LogP contribution in [-0.2, 0) is 22.4 Å². The zero-order chi connectivity index (χ0) is 16.4. The van der Waals surface area contributed by atoms with Crippen LogP contribution in [-0.4, -0.2) is 49.9 Å². The van der Waals surface area contributed by atoms with Gasteiger partial charge in [-0.05, 0) is 34.7 Å². The van der Waals surface area contributed by atoms with Crippen molar-refractivity contribution in [2.24, 2.45) is 5.10 Å². The number of morpholine rings is 1. The molecule has 1 aliphatic heterocycles. The van der Waals surface area contributed by atoms with Crippen LogP contribution in [0, 0.1) is 0 Å². The molecule has 1 saturated heterocycles. The van der Waals surface area contributed by atoms with Gasteiger partial charge in [-0.1, -0.05) is 30.3 Å². The molecule has 4 rings (SSSR count). The van der Waals surface area contributed by atoms with Crippen molar-refractivity contribution < 1.29 is 9.53 Å². The Bertz CT molecular complexity index is 784. The van der Waals surface area contributed by atoms with E-state index < -0.39 is 0 Å². The molecule has 1 heterocycles. The number of hydrogen-bond acceptors (Lipinski definition) is 4. The second kappa shape index (κ2) is 6.71. The molecule has 124 valence electrons. The van der Waals surface area contributed by atoms with Crippen LogP contribution in [0.1, 0.15) is 16.7 Å². The standard InChI is InChI=1S/C19H21N3O2/c23-18(13-22-8-10-24-11-9-22)21-20-12-16-7-6-15-5-4-14-2-1-3-17(16)19(14)15/h1-3,6-7,12H,4-5,8-11,13H2,(H,21,23)/b20-12-. The van der Waals surface area contributed by atoms with Gasteiger partial charge in [0.2, 0.25) is 0 Å². The number of hydrazone groups is 1. The number of ether oxygens (including phenoxy) is 1. The number of amides is 1. The highest BCUT2D eigenvalue weighted by atomic mass is 16.5. The first-order valence-corrected chi connectivity index (χ1v) is 8.47. The van der Waals surface area contributed by atoms with Gasteiger partial charge in [0.1, 0.15) is 0 Å². The summed E-state index contributed by atoms with van der Waals surface area (Å²) in [6.45, 7) is 3.34. The van der Waals surface area contributed by atoms with Gasteiger partial charge in [0.05, 0.1) is 26.0 Å². The maximum absolute atomic E-state index is 12.0. The first-order valence-electron chi connectivity index (χ1n) is 8.47. The summed E-state index contributed by atoms with van der Waals surface area (Å²) in [6, 6.07) is 10.7. The monoisotopic (exact) mass is 323 g/mol. The summed E-state index contributed by atoms with van der Waals surface area (Å²) in [5, 5.41) is 6.73. The Balaban J connectivity index is 1.45. The minimum atomic E-state index is -0.0842. The van der Waals surface area contributed by atoms with Crippen molar-refractivity contribution >= 4 is 22.9 Å². The van der Waals surface area contributed by atoms with E-state index in [0.717, 1.165) is 31.5 Å². The molecule has 1 aliphatic carbocycles. The van der Waals surface area contributed by atoms with E-state index in [4.69, 9.17) is 4.74 Å². The molecule has 1 amide bonds. The number of benzene rings is 2. The van der Waals surface area contributed by atoms with Crippen LogP contribution in [0.5, 0.6) is 0 Å². The molecule has 0 radical (unpaired) electrons. The molecule has 5 heteroatoms. The molecule has 2 aliphatic rings. The summed E-state index contributed by atoms with van der Waals surface area (Å²) < 4.78 is 5.28. The van der Waals surface area contributed by atoms with Crippen LogP contribution >= 0.6 is 0 Å².